The summed E-state index contributed by atoms with van der Waals surface area (Å²) in [5, 5.41) is 9.00. The van der Waals surface area contributed by atoms with Gasteiger partial charge in [-0.15, -0.1) is 0 Å². The first-order chi connectivity index (χ1) is 8.19. The highest BCUT2D eigenvalue weighted by atomic mass is 16.6. The van der Waals surface area contributed by atoms with E-state index >= 15 is 0 Å². The van der Waals surface area contributed by atoms with Crippen LogP contribution >= 0.6 is 0 Å². The first-order valence-electron chi connectivity index (χ1n) is 5.41. The fourth-order valence-corrected chi connectivity index (χ4v) is 1.18. The molecule has 0 aromatic heterocycles. The number of isocyanates is 1. The fourth-order valence-electron chi connectivity index (χ4n) is 1.18. The molecule has 1 atom stereocenters. The zero-order valence-corrected chi connectivity index (χ0v) is 11.0. The Kier molecular flexibility index (Phi) is 6.05. The molecule has 1 amide bonds. The van der Waals surface area contributed by atoms with Crippen molar-refractivity contribution in [3.63, 3.8) is 0 Å². The molecule has 1 N–H and O–H groups in total. The van der Waals surface area contributed by atoms with E-state index in [-0.39, 0.29) is 13.0 Å². The molecule has 0 aliphatic carbocycles. The Morgan fingerprint density at radius 3 is 2.39 bits per heavy atom. The fraction of sp³-hybridized carbons (Fsp3) is 0.727. The van der Waals surface area contributed by atoms with Gasteiger partial charge in [0.2, 0.25) is 6.08 Å². The predicted octanol–water partition coefficient (Wildman–Crippen LogP) is 1.03. The summed E-state index contributed by atoms with van der Waals surface area (Å²) in [4.78, 5) is 36.8. The molecule has 0 fully saturated rings. The number of nitrogens with zero attached hydrogens (tertiary/aromatic N) is 2. The van der Waals surface area contributed by atoms with Gasteiger partial charge in [0.05, 0.1) is 6.54 Å². The van der Waals surface area contributed by atoms with E-state index in [9.17, 15) is 14.4 Å². The number of aliphatic carboxylic acids is 1. The van der Waals surface area contributed by atoms with E-state index in [1.54, 1.807) is 20.8 Å². The standard InChI is InChI=1S/C11H18N2O5/c1-11(2,3)18-10(17)13(4)8(9(15)16)5-6-12-7-14/h8H,5-6H2,1-4H3,(H,15,16)/t8-/m0/s1. The largest absolute Gasteiger partial charge is 0.480 e. The highest BCUT2D eigenvalue weighted by Crippen LogP contribution is 2.12. The van der Waals surface area contributed by atoms with Gasteiger partial charge in [0, 0.05) is 7.05 Å². The van der Waals surface area contributed by atoms with Crippen molar-refractivity contribution in [3.8, 4) is 0 Å². The van der Waals surface area contributed by atoms with E-state index in [2.05, 4.69) is 4.99 Å². The number of rotatable bonds is 5. The third kappa shape index (κ3) is 6.00. The summed E-state index contributed by atoms with van der Waals surface area (Å²) in [7, 11) is 1.33. The van der Waals surface area contributed by atoms with Gasteiger partial charge in [0.15, 0.2) is 0 Å². The molecule has 18 heavy (non-hydrogen) atoms. The molecule has 0 spiro atoms. The number of ether oxygens (including phenoxy) is 1. The van der Waals surface area contributed by atoms with Gasteiger partial charge in [0.25, 0.3) is 0 Å². The van der Waals surface area contributed by atoms with Gasteiger partial charge < -0.3 is 9.84 Å². The average molecular weight is 258 g/mol. The van der Waals surface area contributed by atoms with Crippen LogP contribution in [0.2, 0.25) is 0 Å². The average Bonchev–Trinajstić information content (AvgIpc) is 2.20. The van der Waals surface area contributed by atoms with Gasteiger partial charge in [0.1, 0.15) is 11.6 Å². The lowest BCUT2D eigenvalue weighted by atomic mass is 10.2. The van der Waals surface area contributed by atoms with Crippen LogP contribution in [0, 0.1) is 0 Å². The maximum atomic E-state index is 11.7. The summed E-state index contributed by atoms with van der Waals surface area (Å²) >= 11 is 0. The molecule has 102 valence electrons. The smallest absolute Gasteiger partial charge is 0.410 e. The van der Waals surface area contributed by atoms with Crippen LogP contribution in [0.4, 0.5) is 4.79 Å². The van der Waals surface area contributed by atoms with Crippen molar-refractivity contribution in [1.82, 2.24) is 4.90 Å². The van der Waals surface area contributed by atoms with Crippen molar-refractivity contribution in [1.29, 1.82) is 0 Å². The Morgan fingerprint density at radius 2 is 2.00 bits per heavy atom. The summed E-state index contributed by atoms with van der Waals surface area (Å²) in [6.45, 7) is 5.05. The minimum atomic E-state index is -1.18. The topological polar surface area (TPSA) is 96.3 Å². The number of amides is 1. The molecule has 0 rings (SSSR count). The summed E-state index contributed by atoms with van der Waals surface area (Å²) in [6, 6.07) is -1.09. The van der Waals surface area contributed by atoms with Crippen LogP contribution in [-0.2, 0) is 14.3 Å². The number of hydrogen-bond acceptors (Lipinski definition) is 5. The summed E-state index contributed by atoms with van der Waals surface area (Å²) < 4.78 is 5.05. The van der Waals surface area contributed by atoms with Crippen molar-refractivity contribution in [2.24, 2.45) is 4.99 Å². The van der Waals surface area contributed by atoms with Crippen molar-refractivity contribution in [2.75, 3.05) is 13.6 Å². The SMILES string of the molecule is CN(C(=O)OC(C)(C)C)[C@@H](CCN=C=O)C(=O)O. The van der Waals surface area contributed by atoms with Crippen LogP contribution in [0.25, 0.3) is 0 Å². The van der Waals surface area contributed by atoms with E-state index in [0.717, 1.165) is 4.90 Å². The number of hydrogen-bond donors (Lipinski definition) is 1. The third-order valence-corrected chi connectivity index (χ3v) is 2.01. The molecule has 0 heterocycles. The maximum Gasteiger partial charge on any atom is 0.410 e. The van der Waals surface area contributed by atoms with Crippen LogP contribution in [0.1, 0.15) is 27.2 Å². The molecular formula is C11H18N2O5. The molecule has 0 saturated heterocycles. The van der Waals surface area contributed by atoms with Gasteiger partial charge in [-0.05, 0) is 27.2 Å². The third-order valence-electron chi connectivity index (χ3n) is 2.01. The Morgan fingerprint density at radius 1 is 1.44 bits per heavy atom. The molecule has 0 bridgehead atoms. The minimum Gasteiger partial charge on any atom is -0.480 e. The van der Waals surface area contributed by atoms with Crippen LogP contribution in [0.15, 0.2) is 4.99 Å². The van der Waals surface area contributed by atoms with Crippen LogP contribution in [-0.4, -0.2) is 53.4 Å². The Hall–Kier alpha value is -1.88. The molecular weight excluding hydrogens is 240 g/mol. The number of aliphatic imine (C=N–C) groups is 1. The molecule has 0 unspecified atom stereocenters. The molecule has 0 aromatic rings. The van der Waals surface area contributed by atoms with Gasteiger partial charge in [-0.1, -0.05) is 0 Å². The molecule has 0 radical (unpaired) electrons. The van der Waals surface area contributed by atoms with Crippen molar-refractivity contribution in [2.45, 2.75) is 38.8 Å². The molecule has 0 aliphatic rings. The van der Waals surface area contributed by atoms with Crippen LogP contribution in [0.3, 0.4) is 0 Å². The van der Waals surface area contributed by atoms with E-state index in [4.69, 9.17) is 9.84 Å². The van der Waals surface area contributed by atoms with E-state index in [0.29, 0.717) is 0 Å². The highest BCUT2D eigenvalue weighted by molar-refractivity contribution is 5.80. The number of carbonyl (C=O) groups excluding carboxylic acids is 2. The van der Waals surface area contributed by atoms with Crippen LogP contribution in [0.5, 0.6) is 0 Å². The zero-order chi connectivity index (χ0) is 14.3. The number of carboxylic acid groups (broad SMARTS) is 1. The lowest BCUT2D eigenvalue weighted by molar-refractivity contribution is -0.142. The predicted molar refractivity (Wildman–Crippen MR) is 63.0 cm³/mol. The summed E-state index contributed by atoms with van der Waals surface area (Å²) in [5.41, 5.74) is -0.699. The molecule has 0 aliphatic heterocycles. The summed E-state index contributed by atoms with van der Waals surface area (Å²) in [5.74, 6) is -1.18. The molecule has 7 nitrogen and oxygen atoms in total. The quantitative estimate of drug-likeness (QED) is 0.587. The highest BCUT2D eigenvalue weighted by Gasteiger charge is 2.29. The number of carbonyl (C=O) groups is 2. The summed E-state index contributed by atoms with van der Waals surface area (Å²) in [6.07, 6.45) is 0.612. The number of carboxylic acids is 1. The normalized spacial score (nSPS) is 12.2. The van der Waals surface area contributed by atoms with Crippen molar-refractivity contribution >= 4 is 18.1 Å². The second kappa shape index (κ2) is 6.76. The lowest BCUT2D eigenvalue weighted by Crippen LogP contribution is -2.45. The van der Waals surface area contributed by atoms with Gasteiger partial charge in [-0.3, -0.25) is 4.90 Å². The maximum absolute atomic E-state index is 11.7. The Balaban J connectivity index is 4.65. The molecule has 0 saturated carbocycles. The van der Waals surface area contributed by atoms with Crippen molar-refractivity contribution in [3.05, 3.63) is 0 Å². The van der Waals surface area contributed by atoms with Gasteiger partial charge in [-0.2, -0.15) is 0 Å². The second-order valence-corrected chi connectivity index (χ2v) is 4.71. The first kappa shape index (κ1) is 16.1. The Labute approximate surface area is 105 Å². The zero-order valence-electron chi connectivity index (χ0n) is 11.0. The van der Waals surface area contributed by atoms with E-state index in [1.807, 2.05) is 0 Å². The van der Waals surface area contributed by atoms with E-state index < -0.39 is 23.7 Å². The minimum absolute atomic E-state index is 0.00634. The monoisotopic (exact) mass is 258 g/mol. The van der Waals surface area contributed by atoms with Crippen molar-refractivity contribution < 1.29 is 24.2 Å². The second-order valence-electron chi connectivity index (χ2n) is 4.71. The van der Waals surface area contributed by atoms with E-state index in [1.165, 1.54) is 13.1 Å². The number of likely N-dealkylation sites (N-methyl/N-ethyl adjacent to an activating group) is 1. The van der Waals surface area contributed by atoms with Gasteiger partial charge in [-0.25, -0.2) is 19.4 Å². The Bertz CT molecular complexity index is 355. The molecule has 0 aromatic carbocycles. The molecule has 7 heteroatoms. The van der Waals surface area contributed by atoms with Gasteiger partial charge >= 0.3 is 12.1 Å². The van der Waals surface area contributed by atoms with Crippen LogP contribution < -0.4 is 0 Å². The lowest BCUT2D eigenvalue weighted by Gasteiger charge is -2.28. The first-order valence-corrected chi connectivity index (χ1v) is 5.41.